The molecule has 3 N–H and O–H groups in total. The molecule has 1 aromatic heterocycles. The van der Waals surface area contributed by atoms with E-state index in [4.69, 9.17) is 4.74 Å². The van der Waals surface area contributed by atoms with Gasteiger partial charge in [0.15, 0.2) is 5.88 Å². The Morgan fingerprint density at radius 1 is 1.42 bits per heavy atom. The minimum absolute atomic E-state index is 0.00375. The van der Waals surface area contributed by atoms with E-state index < -0.39 is 0 Å². The molecule has 0 saturated carbocycles. The number of nitrogens with one attached hydrogen (secondary N) is 1. The van der Waals surface area contributed by atoms with Gasteiger partial charge in [-0.25, -0.2) is 0 Å². The van der Waals surface area contributed by atoms with Gasteiger partial charge in [-0.15, -0.1) is 0 Å². The van der Waals surface area contributed by atoms with E-state index >= 15 is 0 Å². The molecule has 4 nitrogen and oxygen atoms in total. The SMILES string of the molecule is Oc1[nH]c(O)c2c1C1=CCC2O1. The zero-order valence-electron chi connectivity index (χ0n) is 6.16. The largest absolute Gasteiger partial charge is 0.494 e. The van der Waals surface area contributed by atoms with Gasteiger partial charge in [0, 0.05) is 6.42 Å². The second kappa shape index (κ2) is 1.60. The molecule has 0 aromatic carbocycles. The first-order valence-electron chi connectivity index (χ1n) is 3.78. The standard InChI is InChI=1S/C8H7NO3/c10-7-5-3-1-2-4(12-3)6(5)8(11)9-7/h1,4,9-11H,2H2. The maximum absolute atomic E-state index is 9.35. The molecule has 1 atom stereocenters. The molecule has 0 amide bonds. The van der Waals surface area contributed by atoms with Gasteiger partial charge in [-0.2, -0.15) is 0 Å². The summed E-state index contributed by atoms with van der Waals surface area (Å²) in [5.74, 6) is 0.704. The Labute approximate surface area is 68.1 Å². The number of aromatic hydroxyl groups is 2. The van der Waals surface area contributed by atoms with Gasteiger partial charge < -0.3 is 14.9 Å². The van der Waals surface area contributed by atoms with Crippen LogP contribution in [-0.4, -0.2) is 15.2 Å². The van der Waals surface area contributed by atoms with Gasteiger partial charge >= 0.3 is 0 Å². The number of aromatic amines is 1. The van der Waals surface area contributed by atoms with Gasteiger partial charge in [-0.1, -0.05) is 0 Å². The van der Waals surface area contributed by atoms with Crippen LogP contribution in [0.4, 0.5) is 0 Å². The minimum Gasteiger partial charge on any atom is -0.494 e. The lowest BCUT2D eigenvalue weighted by Gasteiger charge is -2.02. The summed E-state index contributed by atoms with van der Waals surface area (Å²) in [5, 5.41) is 18.7. The number of H-pyrrole nitrogens is 1. The molecule has 0 saturated heterocycles. The minimum atomic E-state index is -0.0906. The second-order valence-corrected chi connectivity index (χ2v) is 3.02. The highest BCUT2D eigenvalue weighted by Crippen LogP contribution is 2.53. The van der Waals surface area contributed by atoms with Crippen LogP contribution in [0.15, 0.2) is 6.08 Å². The molecule has 3 heterocycles. The molecule has 1 aromatic rings. The fourth-order valence-electron chi connectivity index (χ4n) is 1.85. The zero-order chi connectivity index (χ0) is 8.29. The molecule has 2 aliphatic rings. The lowest BCUT2D eigenvalue weighted by Crippen LogP contribution is -1.89. The molecule has 2 bridgehead atoms. The van der Waals surface area contributed by atoms with Crippen molar-refractivity contribution < 1.29 is 14.9 Å². The fraction of sp³-hybridized carbons (Fsp3) is 0.250. The van der Waals surface area contributed by atoms with E-state index in [-0.39, 0.29) is 17.9 Å². The van der Waals surface area contributed by atoms with Crippen molar-refractivity contribution in [1.29, 1.82) is 0 Å². The number of hydrogen-bond donors (Lipinski definition) is 3. The first-order chi connectivity index (χ1) is 5.77. The highest BCUT2D eigenvalue weighted by molar-refractivity contribution is 5.76. The fourth-order valence-corrected chi connectivity index (χ4v) is 1.85. The van der Waals surface area contributed by atoms with Gasteiger partial charge in [0.05, 0.1) is 11.1 Å². The first kappa shape index (κ1) is 5.99. The maximum Gasteiger partial charge on any atom is 0.202 e. The molecular weight excluding hydrogens is 158 g/mol. The van der Waals surface area contributed by atoms with Crippen LogP contribution in [0.3, 0.4) is 0 Å². The monoisotopic (exact) mass is 165 g/mol. The summed E-state index contributed by atoms with van der Waals surface area (Å²) in [6, 6.07) is 0. The molecule has 0 aliphatic carbocycles. The second-order valence-electron chi connectivity index (χ2n) is 3.02. The van der Waals surface area contributed by atoms with E-state index in [2.05, 4.69) is 4.98 Å². The number of rotatable bonds is 0. The summed E-state index contributed by atoms with van der Waals surface area (Å²) in [6.07, 6.45) is 2.61. The van der Waals surface area contributed by atoms with E-state index in [1.165, 1.54) is 0 Å². The van der Waals surface area contributed by atoms with Crippen LogP contribution < -0.4 is 0 Å². The first-order valence-corrected chi connectivity index (χ1v) is 3.78. The Morgan fingerprint density at radius 3 is 3.00 bits per heavy atom. The summed E-state index contributed by atoms with van der Waals surface area (Å²) in [5.41, 5.74) is 1.33. The lowest BCUT2D eigenvalue weighted by atomic mass is 10.0. The molecular formula is C8H7NO3. The van der Waals surface area contributed by atoms with E-state index in [0.717, 1.165) is 6.42 Å². The van der Waals surface area contributed by atoms with Crippen molar-refractivity contribution in [2.75, 3.05) is 0 Å². The van der Waals surface area contributed by atoms with Crippen LogP contribution in [0.25, 0.3) is 5.76 Å². The molecule has 0 fully saturated rings. The van der Waals surface area contributed by atoms with E-state index in [0.29, 0.717) is 16.9 Å². The van der Waals surface area contributed by atoms with Gasteiger partial charge in [0.1, 0.15) is 11.9 Å². The Hall–Kier alpha value is -1.58. The molecule has 62 valence electrons. The third kappa shape index (κ3) is 0.470. The van der Waals surface area contributed by atoms with Crippen LogP contribution in [0.2, 0.25) is 0 Å². The normalized spacial score (nSPS) is 23.7. The van der Waals surface area contributed by atoms with E-state index in [1.54, 1.807) is 0 Å². The smallest absolute Gasteiger partial charge is 0.202 e. The van der Waals surface area contributed by atoms with Crippen molar-refractivity contribution in [1.82, 2.24) is 4.98 Å². The van der Waals surface area contributed by atoms with Crippen LogP contribution in [0.1, 0.15) is 23.7 Å². The quantitative estimate of drug-likeness (QED) is 0.541. The Bertz CT molecular complexity index is 391. The highest BCUT2D eigenvalue weighted by atomic mass is 16.5. The number of hydrogen-bond acceptors (Lipinski definition) is 3. The van der Waals surface area contributed by atoms with Crippen molar-refractivity contribution in [2.24, 2.45) is 0 Å². The zero-order valence-corrected chi connectivity index (χ0v) is 6.16. The van der Waals surface area contributed by atoms with Crippen LogP contribution in [0, 0.1) is 0 Å². The summed E-state index contributed by atoms with van der Waals surface area (Å²) >= 11 is 0. The Balaban J connectivity index is 2.36. The molecule has 12 heavy (non-hydrogen) atoms. The summed E-state index contributed by atoms with van der Waals surface area (Å²) < 4.78 is 5.37. The van der Waals surface area contributed by atoms with Crippen molar-refractivity contribution >= 4 is 5.76 Å². The van der Waals surface area contributed by atoms with Gasteiger partial charge in [-0.3, -0.25) is 4.98 Å². The maximum atomic E-state index is 9.35. The molecule has 0 radical (unpaired) electrons. The third-order valence-electron chi connectivity index (χ3n) is 2.35. The van der Waals surface area contributed by atoms with Crippen molar-refractivity contribution in [3.05, 3.63) is 17.2 Å². The predicted octanol–water partition coefficient (Wildman–Crippen LogP) is 1.24. The number of aromatic nitrogens is 1. The van der Waals surface area contributed by atoms with Gasteiger partial charge in [0.2, 0.25) is 5.88 Å². The van der Waals surface area contributed by atoms with Crippen molar-refractivity contribution in [3.63, 3.8) is 0 Å². The molecule has 0 spiro atoms. The summed E-state index contributed by atoms with van der Waals surface area (Å²) in [4.78, 5) is 2.47. The van der Waals surface area contributed by atoms with Gasteiger partial charge in [-0.05, 0) is 6.08 Å². The van der Waals surface area contributed by atoms with Gasteiger partial charge in [0.25, 0.3) is 0 Å². The summed E-state index contributed by atoms with van der Waals surface area (Å²) in [7, 11) is 0. The Kier molecular flexibility index (Phi) is 0.800. The van der Waals surface area contributed by atoms with Crippen LogP contribution in [0.5, 0.6) is 11.8 Å². The molecule has 3 rings (SSSR count). The predicted molar refractivity (Wildman–Crippen MR) is 40.5 cm³/mol. The van der Waals surface area contributed by atoms with Crippen LogP contribution in [-0.2, 0) is 4.74 Å². The van der Waals surface area contributed by atoms with E-state index in [9.17, 15) is 10.2 Å². The number of ether oxygens (including phenoxy) is 1. The topological polar surface area (TPSA) is 65.5 Å². The molecule has 2 aliphatic heterocycles. The van der Waals surface area contributed by atoms with Crippen molar-refractivity contribution in [2.45, 2.75) is 12.5 Å². The van der Waals surface area contributed by atoms with Crippen LogP contribution >= 0.6 is 0 Å². The number of fused-ring (bicyclic) bond motifs is 5. The lowest BCUT2D eigenvalue weighted by molar-refractivity contribution is 0.208. The third-order valence-corrected chi connectivity index (χ3v) is 2.35. The highest BCUT2D eigenvalue weighted by Gasteiger charge is 2.39. The molecule has 4 heteroatoms. The average molecular weight is 165 g/mol. The average Bonchev–Trinajstić information content (AvgIpc) is 2.64. The molecule has 1 unspecified atom stereocenters. The Morgan fingerprint density at radius 2 is 2.25 bits per heavy atom. The van der Waals surface area contributed by atoms with Crippen molar-refractivity contribution in [3.8, 4) is 11.8 Å². The summed E-state index contributed by atoms with van der Waals surface area (Å²) in [6.45, 7) is 0. The van der Waals surface area contributed by atoms with E-state index in [1.807, 2.05) is 6.08 Å².